The van der Waals surface area contributed by atoms with Crippen LogP contribution in [0.4, 0.5) is 19.6 Å². The minimum Gasteiger partial charge on any atom is -0.480 e. The largest absolute Gasteiger partial charge is 0.480 e. The van der Waals surface area contributed by atoms with Crippen LogP contribution in [0, 0.1) is 17.6 Å². The van der Waals surface area contributed by atoms with Gasteiger partial charge in [-0.25, -0.2) is 18.6 Å². The smallest absolute Gasteiger partial charge is 0.326 e. The maximum atomic E-state index is 14.7. The zero-order valence-electron chi connectivity index (χ0n) is 19.0. The predicted octanol–water partition coefficient (Wildman–Crippen LogP) is 6.85. The van der Waals surface area contributed by atoms with Gasteiger partial charge in [0.15, 0.2) is 5.13 Å². The Hall–Kier alpha value is -3.85. The van der Waals surface area contributed by atoms with Crippen molar-refractivity contribution in [3.63, 3.8) is 0 Å². The lowest BCUT2D eigenvalue weighted by Gasteiger charge is -2.17. The first kappa shape index (κ1) is 26.7. The number of fused-ring (bicyclic) bond motifs is 1. The van der Waals surface area contributed by atoms with Gasteiger partial charge in [-0.2, -0.15) is 0 Å². The van der Waals surface area contributed by atoms with E-state index >= 15 is 0 Å². The fourth-order valence-corrected chi connectivity index (χ4v) is 4.54. The fraction of sp³-hybridized carbons (Fsp3) is 0.222. The Bertz CT molecular complexity index is 1390. The van der Waals surface area contributed by atoms with E-state index in [1.807, 2.05) is 26.0 Å². The lowest BCUT2D eigenvalue weighted by molar-refractivity contribution is -0.139. The van der Waals surface area contributed by atoms with Crippen LogP contribution >= 0.6 is 11.3 Å². The number of hydrogen-bond donors (Lipinski definition) is 3. The first-order chi connectivity index (χ1) is 16.7. The lowest BCUT2D eigenvalue weighted by Crippen LogP contribution is -2.41. The molecule has 4 rings (SSSR count). The van der Waals surface area contributed by atoms with E-state index in [0.29, 0.717) is 16.2 Å². The number of aromatic nitrogens is 1. The Kier molecular flexibility index (Phi) is 8.37. The number of hydrogen-bond acceptors (Lipinski definition) is 5. The van der Waals surface area contributed by atoms with Crippen molar-refractivity contribution < 1.29 is 23.5 Å². The normalized spacial score (nSPS) is 11.7. The number of carbonyl (C=O) groups is 2. The van der Waals surface area contributed by atoms with Crippen molar-refractivity contribution in [3.8, 4) is 11.1 Å². The molecule has 0 radical (unpaired) electrons. The van der Waals surface area contributed by atoms with Gasteiger partial charge in [0.25, 0.3) is 5.91 Å². The van der Waals surface area contributed by atoms with Gasteiger partial charge in [0.2, 0.25) is 0 Å². The summed E-state index contributed by atoms with van der Waals surface area (Å²) in [7, 11) is 0. The number of amides is 1. The van der Waals surface area contributed by atoms with Crippen LogP contribution in [0.3, 0.4) is 0 Å². The lowest BCUT2D eigenvalue weighted by atomic mass is 10.0. The van der Waals surface area contributed by atoms with Crippen LogP contribution in [-0.4, -0.2) is 28.0 Å². The van der Waals surface area contributed by atoms with Crippen LogP contribution in [0.2, 0.25) is 0 Å². The first-order valence-corrected chi connectivity index (χ1v) is 11.8. The van der Waals surface area contributed by atoms with Crippen molar-refractivity contribution in [3.05, 3.63) is 77.9 Å². The first-order valence-electron chi connectivity index (χ1n) is 11.0. The molecule has 3 aromatic carbocycles. The van der Waals surface area contributed by atoms with Crippen molar-refractivity contribution in [2.24, 2.45) is 5.92 Å². The van der Waals surface area contributed by atoms with Crippen molar-refractivity contribution in [2.45, 2.75) is 33.7 Å². The van der Waals surface area contributed by atoms with E-state index in [9.17, 15) is 23.5 Å². The summed E-state index contributed by atoms with van der Waals surface area (Å²) in [6.07, 6.45) is 0.245. The molecule has 0 saturated heterocycles. The second kappa shape index (κ2) is 11.3. The Morgan fingerprint density at radius 1 is 1.00 bits per heavy atom. The highest BCUT2D eigenvalue weighted by molar-refractivity contribution is 7.22. The summed E-state index contributed by atoms with van der Waals surface area (Å²) < 4.78 is 28.9. The van der Waals surface area contributed by atoms with Crippen LogP contribution in [0.15, 0.2) is 60.7 Å². The van der Waals surface area contributed by atoms with Gasteiger partial charge in [-0.1, -0.05) is 50.8 Å². The molecule has 9 heteroatoms. The number of carboxylic acid groups (broad SMARTS) is 1. The van der Waals surface area contributed by atoms with E-state index in [4.69, 9.17) is 0 Å². The third-order valence-electron chi connectivity index (χ3n) is 5.34. The summed E-state index contributed by atoms with van der Waals surface area (Å²) in [5.41, 5.74) is 2.55. The third-order valence-corrected chi connectivity index (χ3v) is 6.28. The molecular formula is C27H27F2N3O3S. The van der Waals surface area contributed by atoms with E-state index < -0.39 is 23.7 Å². The van der Waals surface area contributed by atoms with Gasteiger partial charge in [0, 0.05) is 5.69 Å². The van der Waals surface area contributed by atoms with Crippen molar-refractivity contribution in [1.82, 2.24) is 10.3 Å². The third kappa shape index (κ3) is 6.23. The SMILES string of the molecule is C.CC(C)C[C@H](NC(=O)c1ccc(-c2ccc(Nc3nc4ccc(F)cc4s3)cc2)cc1F)C(=O)O. The van der Waals surface area contributed by atoms with Crippen molar-refractivity contribution in [1.29, 1.82) is 0 Å². The summed E-state index contributed by atoms with van der Waals surface area (Å²) in [5.74, 6) is -2.92. The van der Waals surface area contributed by atoms with E-state index in [0.717, 1.165) is 16.0 Å². The molecule has 4 aromatic rings. The number of anilines is 2. The number of halogens is 2. The molecule has 1 amide bonds. The standard InChI is InChI=1S/C26H23F2N3O3S.CH4/c1-14(2)11-22(25(33)34)30-24(32)19-9-5-16(12-20(19)28)15-3-7-18(8-4-15)29-26-31-21-10-6-17(27)13-23(21)35-26;/h3-10,12-14,22H,11H2,1-2H3,(H,29,31)(H,30,32)(H,33,34);1H4/t22-;/m0./s1. The predicted molar refractivity (Wildman–Crippen MR) is 140 cm³/mol. The summed E-state index contributed by atoms with van der Waals surface area (Å²) in [4.78, 5) is 28.3. The average Bonchev–Trinajstić information content (AvgIpc) is 3.19. The summed E-state index contributed by atoms with van der Waals surface area (Å²) in [6, 6.07) is 14.8. The average molecular weight is 512 g/mol. The van der Waals surface area contributed by atoms with Gasteiger partial charge in [-0.3, -0.25) is 4.79 Å². The highest BCUT2D eigenvalue weighted by Gasteiger charge is 2.23. The molecule has 1 aromatic heterocycles. The number of nitrogens with zero attached hydrogens (tertiary/aromatic N) is 1. The quantitative estimate of drug-likeness (QED) is 0.241. The number of aliphatic carboxylic acids is 1. The van der Waals surface area contributed by atoms with Crippen molar-refractivity contribution in [2.75, 3.05) is 5.32 Å². The van der Waals surface area contributed by atoms with Gasteiger partial charge < -0.3 is 15.7 Å². The molecule has 1 heterocycles. The maximum absolute atomic E-state index is 14.7. The topological polar surface area (TPSA) is 91.3 Å². The minimum atomic E-state index is -1.16. The van der Waals surface area contributed by atoms with E-state index in [1.54, 1.807) is 24.3 Å². The van der Waals surface area contributed by atoms with E-state index in [1.165, 1.54) is 35.6 Å². The fourth-order valence-electron chi connectivity index (χ4n) is 3.63. The number of carbonyl (C=O) groups excluding carboxylic acids is 1. The van der Waals surface area contributed by atoms with Gasteiger partial charge in [0.1, 0.15) is 17.7 Å². The van der Waals surface area contributed by atoms with Crippen LogP contribution in [0.25, 0.3) is 21.3 Å². The Balaban J connectivity index is 0.00000361. The molecule has 1 atom stereocenters. The molecule has 3 N–H and O–H groups in total. The van der Waals surface area contributed by atoms with Gasteiger partial charge in [-0.15, -0.1) is 0 Å². The molecule has 0 aliphatic rings. The molecule has 6 nitrogen and oxygen atoms in total. The second-order valence-electron chi connectivity index (χ2n) is 8.52. The molecule has 0 aliphatic heterocycles. The molecule has 36 heavy (non-hydrogen) atoms. The van der Waals surface area contributed by atoms with E-state index in [2.05, 4.69) is 15.6 Å². The highest BCUT2D eigenvalue weighted by atomic mass is 32.1. The number of thiazole rings is 1. The molecule has 0 spiro atoms. The summed E-state index contributed by atoms with van der Waals surface area (Å²) in [5, 5.41) is 15.5. The van der Waals surface area contributed by atoms with Gasteiger partial charge >= 0.3 is 5.97 Å². The van der Waals surface area contributed by atoms with Crippen LogP contribution in [0.5, 0.6) is 0 Å². The number of carboxylic acids is 1. The molecular weight excluding hydrogens is 484 g/mol. The Morgan fingerprint density at radius 2 is 1.69 bits per heavy atom. The maximum Gasteiger partial charge on any atom is 0.326 e. The highest BCUT2D eigenvalue weighted by Crippen LogP contribution is 2.30. The molecule has 0 unspecified atom stereocenters. The Labute approximate surface area is 212 Å². The van der Waals surface area contributed by atoms with Crippen LogP contribution in [-0.2, 0) is 4.79 Å². The van der Waals surface area contributed by atoms with Crippen LogP contribution in [0.1, 0.15) is 38.1 Å². The van der Waals surface area contributed by atoms with Crippen LogP contribution < -0.4 is 10.6 Å². The van der Waals surface area contributed by atoms with E-state index in [-0.39, 0.29) is 31.1 Å². The Morgan fingerprint density at radius 3 is 2.33 bits per heavy atom. The molecule has 0 bridgehead atoms. The zero-order chi connectivity index (χ0) is 25.1. The number of nitrogens with one attached hydrogen (secondary N) is 2. The number of rotatable bonds is 8. The second-order valence-corrected chi connectivity index (χ2v) is 9.55. The van der Waals surface area contributed by atoms with Gasteiger partial charge in [-0.05, 0) is 65.9 Å². The summed E-state index contributed by atoms with van der Waals surface area (Å²) in [6.45, 7) is 3.69. The van der Waals surface area contributed by atoms with Gasteiger partial charge in [0.05, 0.1) is 15.8 Å². The molecule has 0 saturated carbocycles. The summed E-state index contributed by atoms with van der Waals surface area (Å²) >= 11 is 1.34. The van der Waals surface area contributed by atoms with Crippen molar-refractivity contribution >= 4 is 44.2 Å². The molecule has 0 aliphatic carbocycles. The molecule has 188 valence electrons. The molecule has 0 fully saturated rings. The minimum absolute atomic E-state index is 0. The monoisotopic (exact) mass is 511 g/mol. The number of benzene rings is 3. The zero-order valence-corrected chi connectivity index (χ0v) is 19.8.